The Balaban J connectivity index is 2.00. The van der Waals surface area contributed by atoms with Crippen molar-refractivity contribution in [1.29, 1.82) is 5.26 Å². The molecule has 0 aromatic heterocycles. The van der Waals surface area contributed by atoms with Crippen molar-refractivity contribution in [2.75, 3.05) is 12.4 Å². The Morgan fingerprint density at radius 2 is 2.05 bits per heavy atom. The fourth-order valence-electron chi connectivity index (χ4n) is 2.57. The lowest BCUT2D eigenvalue weighted by Crippen LogP contribution is -2.37. The van der Waals surface area contributed by atoms with Crippen LogP contribution in [0.1, 0.15) is 32.1 Å². The number of nitrogens with one attached hydrogen (secondary N) is 2. The molecule has 1 fully saturated rings. The van der Waals surface area contributed by atoms with Crippen molar-refractivity contribution in [2.24, 2.45) is 0 Å². The van der Waals surface area contributed by atoms with Crippen LogP contribution in [-0.2, 0) is 4.79 Å². The second kappa shape index (κ2) is 8.08. The number of para-hydroxylation sites is 2. The van der Waals surface area contributed by atoms with Crippen LogP contribution in [0.3, 0.4) is 0 Å². The van der Waals surface area contributed by atoms with Crippen LogP contribution in [0.2, 0.25) is 0 Å². The molecule has 0 unspecified atom stereocenters. The average Bonchev–Trinajstić information content (AvgIpc) is 2.56. The van der Waals surface area contributed by atoms with Crippen LogP contribution < -0.4 is 15.4 Å². The summed E-state index contributed by atoms with van der Waals surface area (Å²) in [7, 11) is 1.57. The van der Waals surface area contributed by atoms with Crippen molar-refractivity contribution in [3.05, 3.63) is 36.0 Å². The zero-order valence-corrected chi connectivity index (χ0v) is 12.8. The number of benzene rings is 1. The molecule has 116 valence electrons. The number of nitriles is 1. The predicted octanol–water partition coefficient (Wildman–Crippen LogP) is 2.96. The van der Waals surface area contributed by atoms with Gasteiger partial charge in [0.05, 0.1) is 12.8 Å². The molecule has 0 radical (unpaired) electrons. The van der Waals surface area contributed by atoms with Gasteiger partial charge in [-0.15, -0.1) is 0 Å². The fourth-order valence-corrected chi connectivity index (χ4v) is 2.57. The SMILES string of the molecule is COc1ccccc1N/C=C(\C#N)C(=O)NC1CCCCC1. The van der Waals surface area contributed by atoms with E-state index in [9.17, 15) is 10.1 Å². The van der Waals surface area contributed by atoms with E-state index in [4.69, 9.17) is 4.74 Å². The number of carbonyl (C=O) groups is 1. The van der Waals surface area contributed by atoms with Crippen LogP contribution in [0, 0.1) is 11.3 Å². The highest BCUT2D eigenvalue weighted by Crippen LogP contribution is 2.23. The first-order chi connectivity index (χ1) is 10.7. The van der Waals surface area contributed by atoms with Gasteiger partial charge in [0.1, 0.15) is 17.4 Å². The van der Waals surface area contributed by atoms with Gasteiger partial charge in [0, 0.05) is 12.2 Å². The first kappa shape index (κ1) is 15.9. The lowest BCUT2D eigenvalue weighted by Gasteiger charge is -2.22. The van der Waals surface area contributed by atoms with Gasteiger partial charge in [0.15, 0.2) is 0 Å². The third-order valence-electron chi connectivity index (χ3n) is 3.78. The van der Waals surface area contributed by atoms with Crippen LogP contribution in [0.4, 0.5) is 5.69 Å². The Labute approximate surface area is 131 Å². The van der Waals surface area contributed by atoms with Crippen molar-refractivity contribution >= 4 is 11.6 Å². The van der Waals surface area contributed by atoms with Gasteiger partial charge in [0.2, 0.25) is 0 Å². The quantitative estimate of drug-likeness (QED) is 0.647. The van der Waals surface area contributed by atoms with Crippen LogP contribution in [0.5, 0.6) is 5.75 Å². The molecular formula is C17H21N3O2. The minimum Gasteiger partial charge on any atom is -0.495 e. The Hall–Kier alpha value is -2.48. The molecule has 22 heavy (non-hydrogen) atoms. The molecule has 1 saturated carbocycles. The van der Waals surface area contributed by atoms with E-state index >= 15 is 0 Å². The van der Waals surface area contributed by atoms with Gasteiger partial charge in [0.25, 0.3) is 5.91 Å². The van der Waals surface area contributed by atoms with Gasteiger partial charge in [-0.1, -0.05) is 31.4 Å². The van der Waals surface area contributed by atoms with Crippen molar-refractivity contribution in [3.63, 3.8) is 0 Å². The normalized spacial score (nSPS) is 15.7. The fraction of sp³-hybridized carbons (Fsp3) is 0.412. The smallest absolute Gasteiger partial charge is 0.263 e. The highest BCUT2D eigenvalue weighted by molar-refractivity contribution is 5.97. The molecule has 1 aromatic carbocycles. The molecule has 0 spiro atoms. The third-order valence-corrected chi connectivity index (χ3v) is 3.78. The Morgan fingerprint density at radius 3 is 2.73 bits per heavy atom. The van der Waals surface area contributed by atoms with E-state index in [1.54, 1.807) is 7.11 Å². The second-order valence-electron chi connectivity index (χ2n) is 5.32. The number of nitrogens with zero attached hydrogens (tertiary/aromatic N) is 1. The lowest BCUT2D eigenvalue weighted by atomic mass is 9.95. The van der Waals surface area contributed by atoms with E-state index in [2.05, 4.69) is 10.6 Å². The van der Waals surface area contributed by atoms with Crippen molar-refractivity contribution in [1.82, 2.24) is 5.32 Å². The van der Waals surface area contributed by atoms with Gasteiger partial charge in [-0.2, -0.15) is 5.26 Å². The molecule has 5 nitrogen and oxygen atoms in total. The Kier molecular flexibility index (Phi) is 5.84. The molecule has 2 rings (SSSR count). The number of ether oxygens (including phenoxy) is 1. The zero-order chi connectivity index (χ0) is 15.8. The maximum atomic E-state index is 12.1. The Bertz CT molecular complexity index is 584. The molecule has 1 amide bonds. The highest BCUT2D eigenvalue weighted by atomic mass is 16.5. The van der Waals surface area contributed by atoms with E-state index in [1.165, 1.54) is 12.6 Å². The van der Waals surface area contributed by atoms with E-state index in [1.807, 2.05) is 30.3 Å². The lowest BCUT2D eigenvalue weighted by molar-refractivity contribution is -0.118. The van der Waals surface area contributed by atoms with Crippen LogP contribution in [0.15, 0.2) is 36.0 Å². The predicted molar refractivity (Wildman–Crippen MR) is 85.3 cm³/mol. The summed E-state index contributed by atoms with van der Waals surface area (Å²) in [5.41, 5.74) is 0.777. The summed E-state index contributed by atoms with van der Waals surface area (Å²) in [4.78, 5) is 12.1. The van der Waals surface area contributed by atoms with Gasteiger partial charge in [-0.3, -0.25) is 4.79 Å². The molecule has 0 heterocycles. The summed E-state index contributed by atoms with van der Waals surface area (Å²) in [6, 6.07) is 9.47. The monoisotopic (exact) mass is 299 g/mol. The molecule has 0 bridgehead atoms. The molecular weight excluding hydrogens is 278 g/mol. The second-order valence-corrected chi connectivity index (χ2v) is 5.32. The Morgan fingerprint density at radius 1 is 1.32 bits per heavy atom. The van der Waals surface area contributed by atoms with Gasteiger partial charge < -0.3 is 15.4 Å². The molecule has 1 aliphatic carbocycles. The van der Waals surface area contributed by atoms with E-state index in [-0.39, 0.29) is 17.5 Å². The molecule has 0 atom stereocenters. The summed E-state index contributed by atoms with van der Waals surface area (Å²) < 4.78 is 5.22. The summed E-state index contributed by atoms with van der Waals surface area (Å²) in [5.74, 6) is 0.334. The molecule has 0 saturated heterocycles. The first-order valence-corrected chi connectivity index (χ1v) is 7.55. The molecule has 1 aromatic rings. The maximum Gasteiger partial charge on any atom is 0.263 e. The number of amides is 1. The van der Waals surface area contributed by atoms with Crippen molar-refractivity contribution in [2.45, 2.75) is 38.1 Å². The minimum atomic E-state index is -0.322. The third kappa shape index (κ3) is 4.26. The van der Waals surface area contributed by atoms with Gasteiger partial charge in [-0.05, 0) is 25.0 Å². The van der Waals surface area contributed by atoms with Crippen LogP contribution in [0.25, 0.3) is 0 Å². The molecule has 1 aliphatic rings. The van der Waals surface area contributed by atoms with Gasteiger partial charge in [-0.25, -0.2) is 0 Å². The number of anilines is 1. The van der Waals surface area contributed by atoms with Gasteiger partial charge >= 0.3 is 0 Å². The zero-order valence-electron chi connectivity index (χ0n) is 12.8. The summed E-state index contributed by atoms with van der Waals surface area (Å²) in [5, 5.41) is 15.1. The first-order valence-electron chi connectivity index (χ1n) is 7.55. The topological polar surface area (TPSA) is 74.1 Å². The number of methoxy groups -OCH3 is 1. The minimum absolute atomic E-state index is 0.0662. The number of hydrogen-bond acceptors (Lipinski definition) is 4. The van der Waals surface area contributed by atoms with Crippen molar-refractivity contribution in [3.8, 4) is 11.8 Å². The molecule has 2 N–H and O–H groups in total. The van der Waals surface area contributed by atoms with E-state index in [0.717, 1.165) is 25.7 Å². The number of rotatable bonds is 5. The van der Waals surface area contributed by atoms with E-state index < -0.39 is 0 Å². The molecule has 0 aliphatic heterocycles. The van der Waals surface area contributed by atoms with E-state index in [0.29, 0.717) is 11.4 Å². The van der Waals surface area contributed by atoms with Crippen LogP contribution >= 0.6 is 0 Å². The van der Waals surface area contributed by atoms with Crippen molar-refractivity contribution < 1.29 is 9.53 Å². The standard InChI is InChI=1S/C17H21N3O2/c1-22-16-10-6-5-9-15(16)19-12-13(11-18)17(21)20-14-7-3-2-4-8-14/h5-6,9-10,12,14,19H,2-4,7-8H2,1H3,(H,20,21)/b13-12+. The van der Waals surface area contributed by atoms with Crippen LogP contribution in [-0.4, -0.2) is 19.1 Å². The summed E-state index contributed by atoms with van der Waals surface area (Å²) in [6.07, 6.45) is 6.90. The number of hydrogen-bond donors (Lipinski definition) is 2. The maximum absolute atomic E-state index is 12.1. The molecule has 5 heteroatoms. The average molecular weight is 299 g/mol. The highest BCUT2D eigenvalue weighted by Gasteiger charge is 2.18. The summed E-state index contributed by atoms with van der Waals surface area (Å²) in [6.45, 7) is 0. The summed E-state index contributed by atoms with van der Waals surface area (Å²) >= 11 is 0. The largest absolute Gasteiger partial charge is 0.495 e. The number of carbonyl (C=O) groups excluding carboxylic acids is 1.